The summed E-state index contributed by atoms with van der Waals surface area (Å²) in [7, 11) is 1.66. The van der Waals surface area contributed by atoms with E-state index in [2.05, 4.69) is 18.9 Å². The molecule has 0 amide bonds. The third kappa shape index (κ3) is 2.73. The van der Waals surface area contributed by atoms with Gasteiger partial charge in [-0.1, -0.05) is 20.3 Å². The molecule has 2 rings (SSSR count). The van der Waals surface area contributed by atoms with Crippen molar-refractivity contribution in [1.29, 1.82) is 0 Å². The van der Waals surface area contributed by atoms with E-state index in [0.717, 1.165) is 32.2 Å². The highest BCUT2D eigenvalue weighted by atomic mass is 16.5. The minimum Gasteiger partial charge on any atom is -0.370 e. The fourth-order valence-corrected chi connectivity index (χ4v) is 3.14. The van der Waals surface area contributed by atoms with E-state index in [4.69, 9.17) is 4.74 Å². The lowest BCUT2D eigenvalue weighted by Crippen LogP contribution is -2.45. The van der Waals surface area contributed by atoms with E-state index in [1.807, 2.05) is 10.7 Å². The van der Waals surface area contributed by atoms with Crippen LogP contribution in [0.5, 0.6) is 0 Å². The van der Waals surface area contributed by atoms with Crippen molar-refractivity contribution in [2.75, 3.05) is 7.11 Å². The van der Waals surface area contributed by atoms with E-state index in [1.54, 1.807) is 13.3 Å². The number of Topliss-reactive ketones (excluding diaryl/α,β-unsaturated/α-hetero) is 1. The molecule has 2 atom stereocenters. The molecule has 2 unspecified atom stereocenters. The SMILES string of the molecule is CCCn1nccc1C(=O)C1(OC)CCCC(C)C1. The van der Waals surface area contributed by atoms with Crippen LogP contribution in [0.25, 0.3) is 0 Å². The standard InChI is InChI=1S/C15H24N2O2/c1-4-10-17-13(7-9-16-17)14(18)15(19-3)8-5-6-12(2)11-15/h7,9,12H,4-6,8,10-11H2,1-3H3. The van der Waals surface area contributed by atoms with Gasteiger partial charge in [0.25, 0.3) is 0 Å². The maximum absolute atomic E-state index is 12.9. The average Bonchev–Trinajstić information content (AvgIpc) is 2.86. The molecule has 0 radical (unpaired) electrons. The summed E-state index contributed by atoms with van der Waals surface area (Å²) in [6, 6.07) is 1.82. The van der Waals surface area contributed by atoms with Crippen LogP contribution in [0, 0.1) is 5.92 Å². The number of methoxy groups -OCH3 is 1. The molecule has 1 aliphatic carbocycles. The summed E-state index contributed by atoms with van der Waals surface area (Å²) in [6.07, 6.45) is 6.57. The number of carbonyl (C=O) groups is 1. The maximum atomic E-state index is 12.9. The summed E-state index contributed by atoms with van der Waals surface area (Å²) < 4.78 is 7.49. The molecule has 1 heterocycles. The molecule has 0 N–H and O–H groups in total. The third-order valence-corrected chi connectivity index (χ3v) is 4.14. The Hall–Kier alpha value is -1.16. The van der Waals surface area contributed by atoms with E-state index in [1.165, 1.54) is 6.42 Å². The molecule has 4 nitrogen and oxygen atoms in total. The van der Waals surface area contributed by atoms with Gasteiger partial charge in [-0.05, 0) is 37.7 Å². The third-order valence-electron chi connectivity index (χ3n) is 4.14. The number of ketones is 1. The quantitative estimate of drug-likeness (QED) is 0.768. The number of ether oxygens (including phenoxy) is 1. The van der Waals surface area contributed by atoms with Crippen molar-refractivity contribution in [3.63, 3.8) is 0 Å². The van der Waals surface area contributed by atoms with Crippen LogP contribution < -0.4 is 0 Å². The van der Waals surface area contributed by atoms with Crippen LogP contribution in [0.1, 0.15) is 56.4 Å². The second kappa shape index (κ2) is 5.87. The topological polar surface area (TPSA) is 44.1 Å². The van der Waals surface area contributed by atoms with Crippen molar-refractivity contribution in [2.24, 2.45) is 5.92 Å². The number of rotatable bonds is 5. The molecule has 0 aliphatic heterocycles. The highest BCUT2D eigenvalue weighted by molar-refractivity contribution is 6.01. The normalized spacial score (nSPS) is 27.4. The molecule has 0 aromatic carbocycles. The number of aryl methyl sites for hydroxylation is 1. The van der Waals surface area contributed by atoms with Gasteiger partial charge in [0.15, 0.2) is 0 Å². The van der Waals surface area contributed by atoms with Gasteiger partial charge in [-0.2, -0.15) is 5.10 Å². The second-order valence-corrected chi connectivity index (χ2v) is 5.67. The molecule has 0 saturated heterocycles. The van der Waals surface area contributed by atoms with Gasteiger partial charge in [-0.15, -0.1) is 0 Å². The summed E-state index contributed by atoms with van der Waals surface area (Å²) in [4.78, 5) is 12.9. The zero-order valence-corrected chi connectivity index (χ0v) is 12.2. The molecule has 1 fully saturated rings. The van der Waals surface area contributed by atoms with Crippen molar-refractivity contribution >= 4 is 5.78 Å². The van der Waals surface area contributed by atoms with E-state index < -0.39 is 5.60 Å². The molecule has 106 valence electrons. The van der Waals surface area contributed by atoms with Gasteiger partial charge in [0.1, 0.15) is 11.3 Å². The number of aromatic nitrogens is 2. The Kier molecular flexibility index (Phi) is 4.40. The highest BCUT2D eigenvalue weighted by Gasteiger charge is 2.43. The van der Waals surface area contributed by atoms with Crippen LogP contribution in [0.15, 0.2) is 12.3 Å². The first-order chi connectivity index (χ1) is 9.13. The first-order valence-electron chi connectivity index (χ1n) is 7.24. The predicted molar refractivity (Wildman–Crippen MR) is 74.2 cm³/mol. The van der Waals surface area contributed by atoms with E-state index in [9.17, 15) is 4.79 Å². The van der Waals surface area contributed by atoms with Crippen LogP contribution in [0.3, 0.4) is 0 Å². The highest BCUT2D eigenvalue weighted by Crippen LogP contribution is 2.37. The van der Waals surface area contributed by atoms with Crippen molar-refractivity contribution in [2.45, 2.75) is 58.1 Å². The lowest BCUT2D eigenvalue weighted by molar-refractivity contribution is -0.0309. The minimum absolute atomic E-state index is 0.104. The molecular weight excluding hydrogens is 240 g/mol. The van der Waals surface area contributed by atoms with Crippen LogP contribution >= 0.6 is 0 Å². The first-order valence-corrected chi connectivity index (χ1v) is 7.24. The van der Waals surface area contributed by atoms with Crippen molar-refractivity contribution in [1.82, 2.24) is 9.78 Å². The summed E-state index contributed by atoms with van der Waals surface area (Å²) in [5, 5.41) is 4.25. The van der Waals surface area contributed by atoms with Gasteiger partial charge in [0, 0.05) is 19.9 Å². The fraction of sp³-hybridized carbons (Fsp3) is 0.733. The summed E-state index contributed by atoms with van der Waals surface area (Å²) in [5.41, 5.74) is 0.0567. The van der Waals surface area contributed by atoms with Gasteiger partial charge in [-0.25, -0.2) is 0 Å². The van der Waals surface area contributed by atoms with Crippen molar-refractivity contribution < 1.29 is 9.53 Å². The van der Waals surface area contributed by atoms with Crippen molar-refractivity contribution in [3.8, 4) is 0 Å². The molecule has 1 aromatic rings. The molecule has 1 aliphatic rings. The Balaban J connectivity index is 2.27. The van der Waals surface area contributed by atoms with E-state index >= 15 is 0 Å². The van der Waals surface area contributed by atoms with Crippen LogP contribution in [-0.2, 0) is 11.3 Å². The van der Waals surface area contributed by atoms with E-state index in [0.29, 0.717) is 11.6 Å². The first kappa shape index (κ1) is 14.3. The molecular formula is C15H24N2O2. The Morgan fingerprint density at radius 2 is 2.42 bits per heavy atom. The van der Waals surface area contributed by atoms with Crippen LogP contribution in [-0.4, -0.2) is 28.3 Å². The van der Waals surface area contributed by atoms with Gasteiger partial charge >= 0.3 is 0 Å². The van der Waals surface area contributed by atoms with Gasteiger partial charge in [0.05, 0.1) is 0 Å². The molecule has 4 heteroatoms. The monoisotopic (exact) mass is 264 g/mol. The smallest absolute Gasteiger partial charge is 0.212 e. The van der Waals surface area contributed by atoms with E-state index in [-0.39, 0.29) is 5.78 Å². The number of hydrogen-bond acceptors (Lipinski definition) is 3. The molecule has 1 saturated carbocycles. The number of hydrogen-bond donors (Lipinski definition) is 0. The van der Waals surface area contributed by atoms with Gasteiger partial charge in [0.2, 0.25) is 5.78 Å². The number of carbonyl (C=O) groups excluding carboxylic acids is 1. The molecule has 19 heavy (non-hydrogen) atoms. The average molecular weight is 264 g/mol. The van der Waals surface area contributed by atoms with Gasteiger partial charge in [-0.3, -0.25) is 9.48 Å². The van der Waals surface area contributed by atoms with Crippen molar-refractivity contribution in [3.05, 3.63) is 18.0 Å². The molecule has 1 aromatic heterocycles. The van der Waals surface area contributed by atoms with Crippen LogP contribution in [0.4, 0.5) is 0 Å². The Morgan fingerprint density at radius 3 is 3.05 bits per heavy atom. The summed E-state index contributed by atoms with van der Waals surface area (Å²) in [5.74, 6) is 0.646. The predicted octanol–water partition coefficient (Wildman–Crippen LogP) is 3.07. The molecule has 0 bridgehead atoms. The Labute approximate surface area is 115 Å². The summed E-state index contributed by atoms with van der Waals surface area (Å²) >= 11 is 0. The minimum atomic E-state index is -0.636. The fourth-order valence-electron chi connectivity index (χ4n) is 3.14. The molecule has 0 spiro atoms. The Morgan fingerprint density at radius 1 is 1.63 bits per heavy atom. The lowest BCUT2D eigenvalue weighted by atomic mass is 9.75. The summed E-state index contributed by atoms with van der Waals surface area (Å²) in [6.45, 7) is 5.07. The number of nitrogens with zero attached hydrogens (tertiary/aromatic N) is 2. The lowest BCUT2D eigenvalue weighted by Gasteiger charge is -2.37. The second-order valence-electron chi connectivity index (χ2n) is 5.67. The zero-order valence-electron chi connectivity index (χ0n) is 12.2. The van der Waals surface area contributed by atoms with Crippen LogP contribution in [0.2, 0.25) is 0 Å². The Bertz CT molecular complexity index is 441. The largest absolute Gasteiger partial charge is 0.370 e. The van der Waals surface area contributed by atoms with Gasteiger partial charge < -0.3 is 4.74 Å². The maximum Gasteiger partial charge on any atom is 0.212 e. The zero-order chi connectivity index (χ0) is 13.9.